The summed E-state index contributed by atoms with van der Waals surface area (Å²) in [6.45, 7) is 1.34. The van der Waals surface area contributed by atoms with Crippen molar-refractivity contribution < 1.29 is 4.79 Å². The SMILES string of the molecule is O=C(Cc1ccc(Cl)cc1)N1CCc2nc3ccccn3c2C1. The average molecular weight is 326 g/mol. The Morgan fingerprint density at radius 1 is 1.17 bits per heavy atom. The molecule has 0 radical (unpaired) electrons. The maximum atomic E-state index is 12.6. The van der Waals surface area contributed by atoms with E-state index in [2.05, 4.69) is 9.38 Å². The van der Waals surface area contributed by atoms with Crippen molar-refractivity contribution in [3.05, 3.63) is 70.6 Å². The molecule has 0 aliphatic carbocycles. The van der Waals surface area contributed by atoms with Crippen LogP contribution in [0.25, 0.3) is 5.65 Å². The second-order valence-corrected chi connectivity index (χ2v) is 6.24. The first-order valence-electron chi connectivity index (χ1n) is 7.68. The molecule has 0 bridgehead atoms. The first-order valence-corrected chi connectivity index (χ1v) is 8.05. The summed E-state index contributed by atoms with van der Waals surface area (Å²) < 4.78 is 2.08. The smallest absolute Gasteiger partial charge is 0.227 e. The first kappa shape index (κ1) is 14.3. The molecule has 0 saturated heterocycles. The molecule has 0 fully saturated rings. The van der Waals surface area contributed by atoms with E-state index in [9.17, 15) is 4.79 Å². The van der Waals surface area contributed by atoms with Gasteiger partial charge in [0.25, 0.3) is 0 Å². The van der Waals surface area contributed by atoms with Gasteiger partial charge in [0, 0.05) is 24.2 Å². The lowest BCUT2D eigenvalue weighted by atomic mass is 10.1. The summed E-state index contributed by atoms with van der Waals surface area (Å²) in [5.74, 6) is 0.142. The van der Waals surface area contributed by atoms with Crippen molar-refractivity contribution in [2.75, 3.05) is 6.54 Å². The van der Waals surface area contributed by atoms with E-state index in [-0.39, 0.29) is 5.91 Å². The van der Waals surface area contributed by atoms with Gasteiger partial charge >= 0.3 is 0 Å². The fourth-order valence-electron chi connectivity index (χ4n) is 3.07. The number of halogens is 1. The minimum absolute atomic E-state index is 0.142. The minimum atomic E-state index is 0.142. The predicted octanol–water partition coefficient (Wildman–Crippen LogP) is 3.12. The molecule has 116 valence electrons. The van der Waals surface area contributed by atoms with Crippen LogP contribution in [0.2, 0.25) is 5.02 Å². The Kier molecular flexibility index (Phi) is 3.54. The topological polar surface area (TPSA) is 37.6 Å². The molecule has 0 saturated carbocycles. The molecule has 0 N–H and O–H groups in total. The number of hydrogen-bond acceptors (Lipinski definition) is 2. The lowest BCUT2D eigenvalue weighted by Gasteiger charge is -2.27. The number of carbonyl (C=O) groups excluding carboxylic acids is 1. The molecule has 0 atom stereocenters. The molecule has 0 unspecified atom stereocenters. The van der Waals surface area contributed by atoms with Gasteiger partial charge in [-0.15, -0.1) is 0 Å². The van der Waals surface area contributed by atoms with E-state index in [1.807, 2.05) is 53.6 Å². The molecule has 23 heavy (non-hydrogen) atoms. The third kappa shape index (κ3) is 2.70. The monoisotopic (exact) mass is 325 g/mol. The van der Waals surface area contributed by atoms with Gasteiger partial charge in [-0.05, 0) is 29.8 Å². The number of pyridine rings is 1. The number of carbonyl (C=O) groups is 1. The standard InChI is InChI=1S/C18H16ClN3O/c19-14-6-4-13(5-7-14)11-18(23)21-10-8-15-16(12-21)22-9-2-1-3-17(22)20-15/h1-7,9H,8,10-12H2. The molecule has 4 nitrogen and oxygen atoms in total. The van der Waals surface area contributed by atoms with Crippen LogP contribution in [-0.2, 0) is 24.2 Å². The van der Waals surface area contributed by atoms with E-state index in [1.165, 1.54) is 0 Å². The Labute approximate surface area is 139 Å². The fraction of sp³-hybridized carbons (Fsp3) is 0.222. The van der Waals surface area contributed by atoms with Gasteiger partial charge in [-0.25, -0.2) is 4.98 Å². The molecular formula is C18H16ClN3O. The van der Waals surface area contributed by atoms with Crippen molar-refractivity contribution in [2.24, 2.45) is 0 Å². The molecule has 2 aromatic heterocycles. The van der Waals surface area contributed by atoms with Gasteiger partial charge in [0.15, 0.2) is 0 Å². The first-order chi connectivity index (χ1) is 11.2. The van der Waals surface area contributed by atoms with Gasteiger partial charge in [0.2, 0.25) is 5.91 Å². The zero-order valence-electron chi connectivity index (χ0n) is 12.6. The summed E-state index contributed by atoms with van der Waals surface area (Å²) in [6, 6.07) is 13.4. The van der Waals surface area contributed by atoms with E-state index >= 15 is 0 Å². The third-order valence-corrected chi connectivity index (χ3v) is 4.54. The Balaban J connectivity index is 1.55. The highest BCUT2D eigenvalue weighted by Crippen LogP contribution is 2.21. The van der Waals surface area contributed by atoms with Crippen LogP contribution >= 0.6 is 11.6 Å². The number of fused-ring (bicyclic) bond motifs is 3. The maximum Gasteiger partial charge on any atom is 0.227 e. The van der Waals surface area contributed by atoms with Gasteiger partial charge in [0.05, 0.1) is 24.4 Å². The second kappa shape index (κ2) is 5.70. The molecule has 1 aromatic carbocycles. The summed E-state index contributed by atoms with van der Waals surface area (Å²) >= 11 is 5.89. The quantitative estimate of drug-likeness (QED) is 0.726. The van der Waals surface area contributed by atoms with Crippen LogP contribution in [0.1, 0.15) is 17.0 Å². The van der Waals surface area contributed by atoms with Gasteiger partial charge in [-0.3, -0.25) is 4.79 Å². The highest BCUT2D eigenvalue weighted by atomic mass is 35.5. The van der Waals surface area contributed by atoms with Gasteiger partial charge in [0.1, 0.15) is 5.65 Å². The van der Waals surface area contributed by atoms with Crippen LogP contribution in [0.3, 0.4) is 0 Å². The number of aromatic nitrogens is 2. The Hall–Kier alpha value is -2.33. The average Bonchev–Trinajstić information content (AvgIpc) is 2.94. The summed E-state index contributed by atoms with van der Waals surface area (Å²) in [4.78, 5) is 19.1. The normalized spacial score (nSPS) is 14.0. The molecule has 3 heterocycles. The Morgan fingerprint density at radius 2 is 2.00 bits per heavy atom. The lowest BCUT2D eigenvalue weighted by molar-refractivity contribution is -0.131. The van der Waals surface area contributed by atoms with Crippen LogP contribution in [0, 0.1) is 0 Å². The van der Waals surface area contributed by atoms with Crippen LogP contribution in [0.4, 0.5) is 0 Å². The molecule has 1 aliphatic heterocycles. The Morgan fingerprint density at radius 3 is 2.83 bits per heavy atom. The van der Waals surface area contributed by atoms with E-state index in [1.54, 1.807) is 0 Å². The summed E-state index contributed by atoms with van der Waals surface area (Å²) in [6.07, 6.45) is 3.22. The summed E-state index contributed by atoms with van der Waals surface area (Å²) in [5.41, 5.74) is 4.16. The molecule has 1 amide bonds. The number of amides is 1. The summed E-state index contributed by atoms with van der Waals surface area (Å²) in [5, 5.41) is 0.689. The summed E-state index contributed by atoms with van der Waals surface area (Å²) in [7, 11) is 0. The zero-order valence-corrected chi connectivity index (χ0v) is 13.3. The predicted molar refractivity (Wildman–Crippen MR) is 89.5 cm³/mol. The zero-order chi connectivity index (χ0) is 15.8. The van der Waals surface area contributed by atoms with Crippen molar-refractivity contribution in [3.8, 4) is 0 Å². The van der Waals surface area contributed by atoms with Crippen LogP contribution in [0.5, 0.6) is 0 Å². The highest BCUT2D eigenvalue weighted by Gasteiger charge is 2.24. The molecule has 3 aromatic rings. The number of imidazole rings is 1. The van der Waals surface area contributed by atoms with Gasteiger partial charge in [-0.1, -0.05) is 29.8 Å². The number of rotatable bonds is 2. The van der Waals surface area contributed by atoms with E-state index < -0.39 is 0 Å². The largest absolute Gasteiger partial charge is 0.336 e. The van der Waals surface area contributed by atoms with E-state index in [0.29, 0.717) is 18.0 Å². The third-order valence-electron chi connectivity index (χ3n) is 4.29. The highest BCUT2D eigenvalue weighted by molar-refractivity contribution is 6.30. The van der Waals surface area contributed by atoms with Crippen molar-refractivity contribution in [1.29, 1.82) is 0 Å². The van der Waals surface area contributed by atoms with Crippen LogP contribution in [-0.4, -0.2) is 26.7 Å². The van der Waals surface area contributed by atoms with E-state index in [4.69, 9.17) is 11.6 Å². The fourth-order valence-corrected chi connectivity index (χ4v) is 3.19. The van der Waals surface area contributed by atoms with Crippen molar-refractivity contribution >= 4 is 23.2 Å². The van der Waals surface area contributed by atoms with Gasteiger partial charge in [-0.2, -0.15) is 0 Å². The molecule has 1 aliphatic rings. The number of nitrogens with zero attached hydrogens (tertiary/aromatic N) is 3. The molecule has 5 heteroatoms. The number of benzene rings is 1. The number of hydrogen-bond donors (Lipinski definition) is 0. The van der Waals surface area contributed by atoms with Crippen molar-refractivity contribution in [3.63, 3.8) is 0 Å². The van der Waals surface area contributed by atoms with E-state index in [0.717, 1.165) is 35.6 Å². The molecular weight excluding hydrogens is 310 g/mol. The van der Waals surface area contributed by atoms with Crippen molar-refractivity contribution in [1.82, 2.24) is 14.3 Å². The maximum absolute atomic E-state index is 12.6. The minimum Gasteiger partial charge on any atom is -0.336 e. The van der Waals surface area contributed by atoms with Crippen LogP contribution < -0.4 is 0 Å². The Bertz CT molecular complexity index is 870. The lowest BCUT2D eigenvalue weighted by Crippen LogP contribution is -2.37. The molecule has 0 spiro atoms. The molecule has 4 rings (SSSR count). The second-order valence-electron chi connectivity index (χ2n) is 5.80. The van der Waals surface area contributed by atoms with Crippen molar-refractivity contribution in [2.45, 2.75) is 19.4 Å². The van der Waals surface area contributed by atoms with Gasteiger partial charge < -0.3 is 9.30 Å². The van der Waals surface area contributed by atoms with Crippen LogP contribution in [0.15, 0.2) is 48.7 Å².